The number of aromatic nitrogens is 2. The lowest BCUT2D eigenvalue weighted by Gasteiger charge is -2.38. The van der Waals surface area contributed by atoms with Gasteiger partial charge in [-0.25, -0.2) is 17.5 Å². The van der Waals surface area contributed by atoms with E-state index in [1.54, 1.807) is 18.0 Å². The molecule has 5 rings (SSSR count). The molecule has 0 aliphatic heterocycles. The minimum Gasteiger partial charge on any atom is -0.339 e. The van der Waals surface area contributed by atoms with Crippen molar-refractivity contribution in [3.8, 4) is 5.69 Å². The molecular weight excluding hydrogens is 565 g/mol. The first-order valence-electron chi connectivity index (χ1n) is 15.6. The molecule has 0 bridgehead atoms. The van der Waals surface area contributed by atoms with Crippen LogP contribution in [0.3, 0.4) is 0 Å². The molecule has 2 heterocycles. The van der Waals surface area contributed by atoms with Gasteiger partial charge in [-0.1, -0.05) is 0 Å². The Morgan fingerprint density at radius 2 is 1.77 bits per heavy atom. The Hall–Kier alpha value is -2.82. The fraction of sp³-hybridized carbons (Fsp3) is 0.576. The van der Waals surface area contributed by atoms with Crippen LogP contribution in [-0.4, -0.2) is 78.7 Å². The van der Waals surface area contributed by atoms with Crippen molar-refractivity contribution in [2.45, 2.75) is 89.3 Å². The van der Waals surface area contributed by atoms with Gasteiger partial charge in [-0.3, -0.25) is 9.78 Å². The van der Waals surface area contributed by atoms with E-state index in [0.29, 0.717) is 29.1 Å². The number of carbonyl (C=O) groups excluding carboxylic acids is 1. The number of rotatable bonds is 9. The Morgan fingerprint density at radius 3 is 2.42 bits per heavy atom. The predicted octanol–water partition coefficient (Wildman–Crippen LogP) is 5.71. The SMILES string of the molecule is CC(C)N(C)C(=O)c1cc(F)ccc1-n1cc(C2CCC(N(C)CC3CCC(NS(C)(=O)=O)CC3)CC2)c2ncccc21. The van der Waals surface area contributed by atoms with Gasteiger partial charge in [-0.15, -0.1) is 0 Å². The lowest BCUT2D eigenvalue weighted by atomic mass is 9.81. The molecule has 0 spiro atoms. The summed E-state index contributed by atoms with van der Waals surface area (Å²) >= 11 is 0. The molecule has 2 fully saturated rings. The zero-order valence-electron chi connectivity index (χ0n) is 26.1. The third-order valence-electron chi connectivity index (χ3n) is 9.66. The van der Waals surface area contributed by atoms with Crippen LogP contribution in [0.15, 0.2) is 42.7 Å². The lowest BCUT2D eigenvalue weighted by molar-refractivity contribution is 0.0754. The van der Waals surface area contributed by atoms with Crippen LogP contribution in [0.1, 0.15) is 87.1 Å². The van der Waals surface area contributed by atoms with Crippen LogP contribution in [0.25, 0.3) is 16.7 Å². The first-order chi connectivity index (χ1) is 20.4. The molecule has 3 aromatic rings. The lowest BCUT2D eigenvalue weighted by Crippen LogP contribution is -2.41. The maximum atomic E-state index is 14.4. The quantitative estimate of drug-likeness (QED) is 0.335. The highest BCUT2D eigenvalue weighted by molar-refractivity contribution is 7.88. The van der Waals surface area contributed by atoms with E-state index < -0.39 is 15.8 Å². The molecule has 0 radical (unpaired) electrons. The van der Waals surface area contributed by atoms with Crippen LogP contribution in [0.2, 0.25) is 0 Å². The number of benzene rings is 1. The standard InChI is InChI=1S/C33H46FN5O3S/c1-22(2)38(4)33(40)28-19-25(34)12-17-30(28)39-21-29(32-31(39)7-6-18-35-32)24-10-15-27(16-11-24)37(3)20-23-8-13-26(14-9-23)36-43(5,41)42/h6-7,12,17-19,21-24,26-27,36H,8-11,13-16,20H2,1-5H3. The molecule has 2 aliphatic carbocycles. The topological polar surface area (TPSA) is 87.5 Å². The van der Waals surface area contributed by atoms with Crippen molar-refractivity contribution in [3.05, 3.63) is 59.7 Å². The first-order valence-corrected chi connectivity index (χ1v) is 17.5. The summed E-state index contributed by atoms with van der Waals surface area (Å²) < 4.78 is 42.4. The van der Waals surface area contributed by atoms with Gasteiger partial charge in [0.05, 0.1) is 28.5 Å². The summed E-state index contributed by atoms with van der Waals surface area (Å²) in [4.78, 5) is 22.3. The second-order valence-electron chi connectivity index (χ2n) is 13.0. The van der Waals surface area contributed by atoms with Gasteiger partial charge in [0, 0.05) is 44.1 Å². The fourth-order valence-corrected chi connectivity index (χ4v) is 7.89. The molecule has 1 N–H and O–H groups in total. The summed E-state index contributed by atoms with van der Waals surface area (Å²) in [6.45, 7) is 4.94. The molecule has 2 aliphatic rings. The summed E-state index contributed by atoms with van der Waals surface area (Å²) in [5.41, 5.74) is 4.06. The minimum atomic E-state index is -3.15. The Labute approximate surface area is 255 Å². The van der Waals surface area contributed by atoms with E-state index in [1.807, 2.05) is 36.7 Å². The zero-order chi connectivity index (χ0) is 30.9. The normalized spacial score (nSPS) is 23.3. The van der Waals surface area contributed by atoms with E-state index in [2.05, 4.69) is 22.9 Å². The van der Waals surface area contributed by atoms with Crippen LogP contribution < -0.4 is 4.72 Å². The van der Waals surface area contributed by atoms with Crippen molar-refractivity contribution in [1.29, 1.82) is 0 Å². The summed E-state index contributed by atoms with van der Waals surface area (Å²) in [6, 6.07) is 8.97. The highest BCUT2D eigenvalue weighted by atomic mass is 32.2. The van der Waals surface area contributed by atoms with Crippen LogP contribution in [-0.2, 0) is 10.0 Å². The Balaban J connectivity index is 1.29. The second-order valence-corrected chi connectivity index (χ2v) is 14.8. The van der Waals surface area contributed by atoms with E-state index in [9.17, 15) is 17.6 Å². The molecule has 0 atom stereocenters. The number of sulfonamides is 1. The van der Waals surface area contributed by atoms with E-state index in [0.717, 1.165) is 68.9 Å². The Morgan fingerprint density at radius 1 is 1.07 bits per heavy atom. The molecule has 10 heteroatoms. The van der Waals surface area contributed by atoms with Crippen LogP contribution in [0.4, 0.5) is 4.39 Å². The minimum absolute atomic E-state index is 0.0116. The van der Waals surface area contributed by atoms with E-state index in [1.165, 1.54) is 24.0 Å². The maximum absolute atomic E-state index is 14.4. The Kier molecular flexibility index (Phi) is 9.58. The van der Waals surface area contributed by atoms with Crippen LogP contribution in [0.5, 0.6) is 0 Å². The Bertz CT molecular complexity index is 1540. The summed E-state index contributed by atoms with van der Waals surface area (Å²) in [6.07, 6.45) is 13.4. The largest absolute Gasteiger partial charge is 0.339 e. The van der Waals surface area contributed by atoms with E-state index in [4.69, 9.17) is 4.98 Å². The van der Waals surface area contributed by atoms with Gasteiger partial charge >= 0.3 is 0 Å². The summed E-state index contributed by atoms with van der Waals surface area (Å²) in [5, 5.41) is 0. The summed E-state index contributed by atoms with van der Waals surface area (Å²) in [7, 11) is 0.835. The van der Waals surface area contributed by atoms with E-state index in [-0.39, 0.29) is 18.0 Å². The monoisotopic (exact) mass is 611 g/mol. The number of nitrogens with one attached hydrogen (secondary N) is 1. The van der Waals surface area contributed by atoms with Crippen molar-refractivity contribution in [3.63, 3.8) is 0 Å². The first kappa shape index (κ1) is 31.6. The number of pyridine rings is 1. The van der Waals surface area contributed by atoms with Gasteiger partial charge in [-0.05, 0) is 120 Å². The number of hydrogen-bond donors (Lipinski definition) is 1. The molecule has 234 valence electrons. The second kappa shape index (κ2) is 13.0. The van der Waals surface area contributed by atoms with Gasteiger partial charge in [0.15, 0.2) is 0 Å². The van der Waals surface area contributed by atoms with Crippen LogP contribution >= 0.6 is 0 Å². The van der Waals surface area contributed by atoms with Gasteiger partial charge in [-0.2, -0.15) is 0 Å². The molecular formula is C33H46FN5O3S. The number of fused-ring (bicyclic) bond motifs is 1. The fourth-order valence-electron chi connectivity index (χ4n) is 7.05. The number of nitrogens with zero attached hydrogens (tertiary/aromatic N) is 4. The van der Waals surface area contributed by atoms with Gasteiger partial charge in [0.25, 0.3) is 5.91 Å². The van der Waals surface area contributed by atoms with Crippen molar-refractivity contribution in [1.82, 2.24) is 24.1 Å². The predicted molar refractivity (Wildman–Crippen MR) is 170 cm³/mol. The molecule has 43 heavy (non-hydrogen) atoms. The maximum Gasteiger partial charge on any atom is 0.256 e. The van der Waals surface area contributed by atoms with Gasteiger partial charge in [0.2, 0.25) is 10.0 Å². The average Bonchev–Trinajstić information content (AvgIpc) is 3.36. The van der Waals surface area contributed by atoms with E-state index >= 15 is 0 Å². The third kappa shape index (κ3) is 7.29. The van der Waals surface area contributed by atoms with Crippen molar-refractivity contribution in [2.24, 2.45) is 5.92 Å². The number of hydrogen-bond acceptors (Lipinski definition) is 5. The molecule has 0 saturated heterocycles. The molecule has 2 saturated carbocycles. The van der Waals surface area contributed by atoms with Crippen molar-refractivity contribution < 1.29 is 17.6 Å². The number of carbonyl (C=O) groups is 1. The van der Waals surface area contributed by atoms with Crippen molar-refractivity contribution in [2.75, 3.05) is 26.9 Å². The molecule has 8 nitrogen and oxygen atoms in total. The third-order valence-corrected chi connectivity index (χ3v) is 10.4. The summed E-state index contributed by atoms with van der Waals surface area (Å²) in [5.74, 6) is 0.323. The molecule has 2 aromatic heterocycles. The smallest absolute Gasteiger partial charge is 0.256 e. The van der Waals surface area contributed by atoms with Crippen molar-refractivity contribution >= 4 is 27.0 Å². The van der Waals surface area contributed by atoms with Crippen LogP contribution in [0, 0.1) is 11.7 Å². The van der Waals surface area contributed by atoms with Gasteiger partial charge in [0.1, 0.15) is 5.82 Å². The van der Waals surface area contributed by atoms with Gasteiger partial charge < -0.3 is 14.4 Å². The number of amides is 1. The molecule has 0 unspecified atom stereocenters. The molecule has 1 amide bonds. The number of halogens is 1. The molecule has 1 aromatic carbocycles. The highest BCUT2D eigenvalue weighted by Gasteiger charge is 2.31. The average molecular weight is 612 g/mol. The zero-order valence-corrected chi connectivity index (χ0v) is 26.9. The highest BCUT2D eigenvalue weighted by Crippen LogP contribution is 2.39.